The number of ether oxygens (including phenoxy) is 1. The highest BCUT2D eigenvalue weighted by molar-refractivity contribution is 6.00. The van der Waals surface area contributed by atoms with E-state index >= 15 is 0 Å². The van der Waals surface area contributed by atoms with Gasteiger partial charge in [0.25, 0.3) is 5.91 Å². The quantitative estimate of drug-likeness (QED) is 0.470. The maximum atomic E-state index is 12.0. The number of amides is 1. The van der Waals surface area contributed by atoms with Gasteiger partial charge in [0.2, 0.25) is 0 Å². The average molecular weight is 395 g/mol. The number of rotatable bonds is 7. The molecular weight excluding hydrogens is 366 g/mol. The second-order valence-corrected chi connectivity index (χ2v) is 8.94. The first-order valence-electron chi connectivity index (χ1n) is 9.54. The molecule has 0 radical (unpaired) electrons. The van der Waals surface area contributed by atoms with Crippen LogP contribution in [0.4, 0.5) is 5.69 Å². The number of hydrogen-bond donors (Lipinski definition) is 2. The van der Waals surface area contributed by atoms with Crippen molar-refractivity contribution in [2.45, 2.75) is 46.5 Å². The molecule has 2 N–H and O–H groups in total. The van der Waals surface area contributed by atoms with Gasteiger partial charge in [-0.05, 0) is 53.1 Å². The molecule has 2 aromatic carbocycles. The fraction of sp³-hybridized carbons (Fsp3) is 0.333. The predicted octanol–water partition coefficient (Wildman–Crippen LogP) is 5.63. The van der Waals surface area contributed by atoms with Gasteiger partial charge in [-0.3, -0.25) is 4.79 Å². The first-order chi connectivity index (χ1) is 13.5. The van der Waals surface area contributed by atoms with Gasteiger partial charge in [-0.1, -0.05) is 52.8 Å². The van der Waals surface area contributed by atoms with Crippen LogP contribution in [0.3, 0.4) is 0 Å². The molecule has 2 aromatic rings. The van der Waals surface area contributed by atoms with Crippen LogP contribution < -0.4 is 10.1 Å². The molecule has 5 heteroatoms. The molecule has 0 spiro atoms. The van der Waals surface area contributed by atoms with Crippen molar-refractivity contribution in [2.24, 2.45) is 5.41 Å². The molecule has 0 atom stereocenters. The lowest BCUT2D eigenvalue weighted by atomic mass is 9.72. The van der Waals surface area contributed by atoms with Crippen LogP contribution in [0.1, 0.15) is 57.0 Å². The number of hydrogen-bond acceptors (Lipinski definition) is 3. The summed E-state index contributed by atoms with van der Waals surface area (Å²) in [5, 5.41) is 11.6. The summed E-state index contributed by atoms with van der Waals surface area (Å²) in [6, 6.07) is 13.9. The van der Waals surface area contributed by atoms with E-state index in [9.17, 15) is 9.59 Å². The summed E-state index contributed by atoms with van der Waals surface area (Å²) in [6.45, 7) is 11.2. The molecular formula is C24H29NO4. The molecule has 29 heavy (non-hydrogen) atoms. The van der Waals surface area contributed by atoms with Crippen molar-refractivity contribution >= 4 is 17.6 Å². The zero-order chi connectivity index (χ0) is 21.7. The van der Waals surface area contributed by atoms with E-state index in [1.165, 1.54) is 30.0 Å². The molecule has 0 unspecified atom stereocenters. The molecule has 2 rings (SSSR count). The minimum atomic E-state index is -1.05. The van der Waals surface area contributed by atoms with Gasteiger partial charge in [0.15, 0.2) is 0 Å². The van der Waals surface area contributed by atoms with E-state index in [0.29, 0.717) is 11.4 Å². The van der Waals surface area contributed by atoms with E-state index in [-0.39, 0.29) is 16.4 Å². The standard InChI is InChI=1S/C24H29NO4/c1-23(2,3)16-24(4,5)18-9-11-20(12-10-18)29-14-13-21(26)25-19-8-6-7-17(15-19)22(27)28/h6-15H,16H2,1-5H3,(H,25,26)(H,27,28). The minimum Gasteiger partial charge on any atom is -0.478 e. The molecule has 0 heterocycles. The Kier molecular flexibility index (Phi) is 6.85. The number of anilines is 1. The van der Waals surface area contributed by atoms with Gasteiger partial charge < -0.3 is 15.2 Å². The van der Waals surface area contributed by atoms with Crippen molar-refractivity contribution in [2.75, 3.05) is 5.32 Å². The Morgan fingerprint density at radius 3 is 2.28 bits per heavy atom. The molecule has 5 nitrogen and oxygen atoms in total. The van der Waals surface area contributed by atoms with Crippen molar-refractivity contribution in [3.8, 4) is 5.75 Å². The Hall–Kier alpha value is -3.08. The van der Waals surface area contributed by atoms with Crippen molar-refractivity contribution in [3.05, 3.63) is 72.0 Å². The summed E-state index contributed by atoms with van der Waals surface area (Å²) in [7, 11) is 0. The molecule has 0 saturated heterocycles. The van der Waals surface area contributed by atoms with E-state index in [2.05, 4.69) is 39.9 Å². The van der Waals surface area contributed by atoms with Crippen LogP contribution in [-0.2, 0) is 10.2 Å². The van der Waals surface area contributed by atoms with Crippen molar-refractivity contribution in [1.82, 2.24) is 0 Å². The van der Waals surface area contributed by atoms with E-state index in [0.717, 1.165) is 6.42 Å². The number of aromatic carboxylic acids is 1. The molecule has 0 fully saturated rings. The Balaban J connectivity index is 1.94. The largest absolute Gasteiger partial charge is 0.478 e. The van der Waals surface area contributed by atoms with Crippen LogP contribution >= 0.6 is 0 Å². The number of benzene rings is 2. The topological polar surface area (TPSA) is 75.6 Å². The molecule has 0 bridgehead atoms. The zero-order valence-corrected chi connectivity index (χ0v) is 17.7. The molecule has 1 amide bonds. The highest BCUT2D eigenvalue weighted by Gasteiger charge is 2.27. The summed E-state index contributed by atoms with van der Waals surface area (Å²) in [5.41, 5.74) is 2.04. The summed E-state index contributed by atoms with van der Waals surface area (Å²) in [5.74, 6) is -0.818. The first kappa shape index (κ1) is 22.2. The molecule has 0 aliphatic rings. The van der Waals surface area contributed by atoms with E-state index in [1.807, 2.05) is 24.3 Å². The molecule has 0 saturated carbocycles. The van der Waals surface area contributed by atoms with Crippen LogP contribution in [0.5, 0.6) is 5.75 Å². The molecule has 0 aliphatic carbocycles. The number of carbonyl (C=O) groups excluding carboxylic acids is 1. The van der Waals surface area contributed by atoms with Gasteiger partial charge in [0.05, 0.1) is 11.8 Å². The SMILES string of the molecule is CC(C)(C)CC(C)(C)c1ccc(OC=CC(=O)Nc2cccc(C(=O)O)c2)cc1. The normalized spacial score (nSPS) is 12.0. The van der Waals surface area contributed by atoms with Crippen molar-refractivity contribution in [1.29, 1.82) is 0 Å². The van der Waals surface area contributed by atoms with E-state index < -0.39 is 11.9 Å². The van der Waals surface area contributed by atoms with E-state index in [1.54, 1.807) is 12.1 Å². The lowest BCUT2D eigenvalue weighted by molar-refractivity contribution is -0.112. The lowest BCUT2D eigenvalue weighted by Crippen LogP contribution is -2.24. The third-order valence-corrected chi connectivity index (χ3v) is 4.41. The number of carboxylic acids is 1. The average Bonchev–Trinajstić information content (AvgIpc) is 2.60. The highest BCUT2D eigenvalue weighted by atomic mass is 16.5. The summed E-state index contributed by atoms with van der Waals surface area (Å²) >= 11 is 0. The lowest BCUT2D eigenvalue weighted by Gasteiger charge is -2.33. The minimum absolute atomic E-state index is 0.0526. The zero-order valence-electron chi connectivity index (χ0n) is 17.7. The predicted molar refractivity (Wildman–Crippen MR) is 115 cm³/mol. The van der Waals surface area contributed by atoms with Gasteiger partial charge in [-0.15, -0.1) is 0 Å². The van der Waals surface area contributed by atoms with E-state index in [4.69, 9.17) is 9.84 Å². The van der Waals surface area contributed by atoms with Crippen molar-refractivity contribution < 1.29 is 19.4 Å². The Labute approximate surface area is 172 Å². The van der Waals surface area contributed by atoms with Gasteiger partial charge in [0, 0.05) is 11.8 Å². The molecule has 154 valence electrons. The maximum Gasteiger partial charge on any atom is 0.335 e. The highest BCUT2D eigenvalue weighted by Crippen LogP contribution is 2.36. The Bertz CT molecular complexity index is 890. The second-order valence-electron chi connectivity index (χ2n) is 8.94. The number of carboxylic acid groups (broad SMARTS) is 1. The monoisotopic (exact) mass is 395 g/mol. The van der Waals surface area contributed by atoms with Crippen LogP contribution in [-0.4, -0.2) is 17.0 Å². The van der Waals surface area contributed by atoms with Crippen LogP contribution in [0.2, 0.25) is 0 Å². The Morgan fingerprint density at radius 2 is 1.69 bits per heavy atom. The smallest absolute Gasteiger partial charge is 0.335 e. The third kappa shape index (κ3) is 7.11. The molecule has 0 aromatic heterocycles. The molecule has 0 aliphatic heterocycles. The summed E-state index contributed by atoms with van der Waals surface area (Å²) in [4.78, 5) is 23.0. The van der Waals surface area contributed by atoms with Gasteiger partial charge in [0.1, 0.15) is 5.75 Å². The summed E-state index contributed by atoms with van der Waals surface area (Å²) in [6.07, 6.45) is 3.62. The number of nitrogens with one attached hydrogen (secondary N) is 1. The maximum absolute atomic E-state index is 12.0. The third-order valence-electron chi connectivity index (χ3n) is 4.41. The van der Waals surface area contributed by atoms with Crippen LogP contribution in [0.25, 0.3) is 0 Å². The summed E-state index contributed by atoms with van der Waals surface area (Å²) < 4.78 is 5.51. The fourth-order valence-electron chi connectivity index (χ4n) is 3.50. The van der Waals surface area contributed by atoms with Gasteiger partial charge >= 0.3 is 5.97 Å². The van der Waals surface area contributed by atoms with Gasteiger partial charge in [-0.25, -0.2) is 4.79 Å². The van der Waals surface area contributed by atoms with Crippen molar-refractivity contribution in [3.63, 3.8) is 0 Å². The van der Waals surface area contributed by atoms with Gasteiger partial charge in [-0.2, -0.15) is 0 Å². The first-order valence-corrected chi connectivity index (χ1v) is 9.54. The fourth-order valence-corrected chi connectivity index (χ4v) is 3.50. The van der Waals surface area contributed by atoms with Crippen LogP contribution in [0, 0.1) is 5.41 Å². The second kappa shape index (κ2) is 8.95. The van der Waals surface area contributed by atoms with Crippen LogP contribution in [0.15, 0.2) is 60.9 Å². The number of carbonyl (C=O) groups is 2. The Morgan fingerprint density at radius 1 is 1.03 bits per heavy atom.